The summed E-state index contributed by atoms with van der Waals surface area (Å²) in [6, 6.07) is 5.56. The van der Waals surface area contributed by atoms with Gasteiger partial charge < -0.3 is 21.1 Å². The highest BCUT2D eigenvalue weighted by molar-refractivity contribution is 5.90. The topological polar surface area (TPSA) is 186 Å². The number of tetrazole rings is 1. The molecule has 3 aromatic rings. The number of aromatic nitrogens is 7. The van der Waals surface area contributed by atoms with Gasteiger partial charge in [-0.05, 0) is 79.2 Å². The Labute approximate surface area is 225 Å². The molecule has 0 aliphatic heterocycles. The van der Waals surface area contributed by atoms with E-state index in [-0.39, 0.29) is 29.0 Å². The van der Waals surface area contributed by atoms with Crippen LogP contribution in [0, 0.1) is 23.2 Å². The number of phenolic OH excluding ortho intramolecular Hbond substituents is 1. The Morgan fingerprint density at radius 2 is 1.69 bits per heavy atom. The number of hydrogen-bond donors (Lipinski definition) is 6. The van der Waals surface area contributed by atoms with Crippen LogP contribution < -0.4 is 16.0 Å². The summed E-state index contributed by atoms with van der Waals surface area (Å²) in [6.45, 7) is 0.312. The number of carbonyl (C=O) groups is 2. The fourth-order valence-corrected chi connectivity index (χ4v) is 7.28. The molecule has 2 unspecified atom stereocenters. The van der Waals surface area contributed by atoms with Gasteiger partial charge in [-0.2, -0.15) is 5.21 Å². The number of benzene rings is 1. The van der Waals surface area contributed by atoms with Crippen LogP contribution in [0.3, 0.4) is 0 Å². The molecule has 13 heteroatoms. The number of H-pyrrole nitrogens is 2. The lowest BCUT2D eigenvalue weighted by atomic mass is 9.49. The first-order chi connectivity index (χ1) is 18.9. The first-order valence-electron chi connectivity index (χ1n) is 13.7. The van der Waals surface area contributed by atoms with Crippen molar-refractivity contribution in [2.45, 2.75) is 63.5 Å². The molecule has 2 amide bonds. The first kappa shape index (κ1) is 25.3. The highest BCUT2D eigenvalue weighted by atomic mass is 16.3. The van der Waals surface area contributed by atoms with Crippen molar-refractivity contribution in [3.05, 3.63) is 41.7 Å². The van der Waals surface area contributed by atoms with Crippen LogP contribution in [0.15, 0.2) is 30.5 Å². The summed E-state index contributed by atoms with van der Waals surface area (Å²) >= 11 is 0. The zero-order valence-corrected chi connectivity index (χ0v) is 21.6. The zero-order valence-electron chi connectivity index (χ0n) is 21.6. The van der Waals surface area contributed by atoms with Crippen molar-refractivity contribution in [2.75, 3.05) is 11.9 Å². The Hall–Kier alpha value is -4.03. The minimum absolute atomic E-state index is 0.00139. The van der Waals surface area contributed by atoms with Gasteiger partial charge in [-0.15, -0.1) is 10.2 Å². The van der Waals surface area contributed by atoms with Gasteiger partial charge in [0.25, 0.3) is 5.95 Å². The quantitative estimate of drug-likeness (QED) is 0.209. The molecule has 0 spiro atoms. The van der Waals surface area contributed by atoms with Crippen molar-refractivity contribution < 1.29 is 14.7 Å². The average Bonchev–Trinajstić information content (AvgIpc) is 3.62. The molecule has 4 fully saturated rings. The van der Waals surface area contributed by atoms with E-state index in [4.69, 9.17) is 0 Å². The lowest BCUT2D eigenvalue weighted by Crippen LogP contribution is -2.58. The lowest BCUT2D eigenvalue weighted by molar-refractivity contribution is -0.148. The molecule has 0 saturated heterocycles. The second-order valence-corrected chi connectivity index (χ2v) is 11.6. The SMILES string of the molecule is O=C(NC(CNc1nn[nH]n1)Cc1c[nH]nn1)C(Cc1ccc(O)cc1)NC(=O)C12CC3CC(CC(C3)C1)C2. The van der Waals surface area contributed by atoms with E-state index in [1.165, 1.54) is 19.3 Å². The predicted octanol–water partition coefficient (Wildman–Crippen LogP) is 1.11. The molecule has 206 valence electrons. The van der Waals surface area contributed by atoms with E-state index in [1.54, 1.807) is 30.5 Å². The van der Waals surface area contributed by atoms with E-state index in [0.717, 1.165) is 24.8 Å². The Bertz CT molecular complexity index is 1230. The Morgan fingerprint density at radius 1 is 0.974 bits per heavy atom. The molecule has 39 heavy (non-hydrogen) atoms. The summed E-state index contributed by atoms with van der Waals surface area (Å²) in [7, 11) is 0. The van der Waals surface area contributed by atoms with Crippen LogP contribution in [0.1, 0.15) is 49.8 Å². The summed E-state index contributed by atoms with van der Waals surface area (Å²) in [5, 5.41) is 43.3. The summed E-state index contributed by atoms with van der Waals surface area (Å²) in [4.78, 5) is 27.7. The zero-order chi connectivity index (χ0) is 26.8. The molecule has 2 atom stereocenters. The van der Waals surface area contributed by atoms with Gasteiger partial charge in [-0.3, -0.25) is 14.7 Å². The molecule has 0 radical (unpaired) electrons. The van der Waals surface area contributed by atoms with Crippen LogP contribution in [-0.4, -0.2) is 71.6 Å². The number of rotatable bonds is 11. The number of phenols is 1. The van der Waals surface area contributed by atoms with Gasteiger partial charge in [0.2, 0.25) is 11.8 Å². The van der Waals surface area contributed by atoms with Crippen molar-refractivity contribution in [2.24, 2.45) is 23.2 Å². The molecule has 4 bridgehead atoms. The maximum Gasteiger partial charge on any atom is 0.263 e. The molecule has 4 saturated carbocycles. The van der Waals surface area contributed by atoms with Crippen molar-refractivity contribution in [1.82, 2.24) is 46.7 Å². The second-order valence-electron chi connectivity index (χ2n) is 11.6. The van der Waals surface area contributed by atoms with Crippen molar-refractivity contribution in [3.8, 4) is 5.75 Å². The third-order valence-corrected chi connectivity index (χ3v) is 8.64. The third-order valence-electron chi connectivity index (χ3n) is 8.64. The highest BCUT2D eigenvalue weighted by Crippen LogP contribution is 2.60. The van der Waals surface area contributed by atoms with Gasteiger partial charge in [0.05, 0.1) is 11.7 Å². The standard InChI is InChI=1S/C26H34N10O3/c37-21-3-1-15(2-4-21)8-22(30-24(39)26-10-16-5-17(11-26)7-18(6-16)12-26)23(38)29-19(9-20-14-28-34-31-20)13-27-25-32-35-36-33-25/h1-4,14,16-19,22,37H,5-13H2,(H,29,38)(H,30,39)(H,28,31,34)(H2,27,32,33,35,36). The van der Waals surface area contributed by atoms with E-state index in [0.29, 0.717) is 48.8 Å². The van der Waals surface area contributed by atoms with Crippen LogP contribution in [0.2, 0.25) is 0 Å². The van der Waals surface area contributed by atoms with Gasteiger partial charge in [-0.1, -0.05) is 22.4 Å². The minimum atomic E-state index is -0.778. The van der Waals surface area contributed by atoms with Crippen molar-refractivity contribution in [3.63, 3.8) is 0 Å². The highest BCUT2D eigenvalue weighted by Gasteiger charge is 2.55. The van der Waals surface area contributed by atoms with Gasteiger partial charge in [0, 0.05) is 31.0 Å². The van der Waals surface area contributed by atoms with E-state index < -0.39 is 6.04 Å². The molecule has 4 aliphatic rings. The number of nitrogens with zero attached hydrogens (tertiary/aromatic N) is 5. The summed E-state index contributed by atoms with van der Waals surface area (Å²) in [5.41, 5.74) is 1.15. The minimum Gasteiger partial charge on any atom is -0.508 e. The summed E-state index contributed by atoms with van der Waals surface area (Å²) in [5.74, 6) is 2.03. The molecule has 2 aromatic heterocycles. The Morgan fingerprint density at radius 3 is 2.31 bits per heavy atom. The maximum absolute atomic E-state index is 13.9. The van der Waals surface area contributed by atoms with Crippen LogP contribution in [0.4, 0.5) is 5.95 Å². The van der Waals surface area contributed by atoms with Crippen molar-refractivity contribution >= 4 is 17.8 Å². The largest absolute Gasteiger partial charge is 0.508 e. The number of aromatic amines is 2. The average molecular weight is 535 g/mol. The van der Waals surface area contributed by atoms with Gasteiger partial charge in [0.15, 0.2) is 0 Å². The molecule has 2 heterocycles. The molecular formula is C26H34N10O3. The molecule has 1 aromatic carbocycles. The normalized spacial score (nSPS) is 26.6. The van der Waals surface area contributed by atoms with Gasteiger partial charge >= 0.3 is 0 Å². The summed E-state index contributed by atoms with van der Waals surface area (Å²) < 4.78 is 0. The molecule has 6 N–H and O–H groups in total. The van der Waals surface area contributed by atoms with E-state index in [1.807, 2.05) is 0 Å². The number of hydrogen-bond acceptors (Lipinski definition) is 9. The van der Waals surface area contributed by atoms with Gasteiger partial charge in [0.1, 0.15) is 11.8 Å². The van der Waals surface area contributed by atoms with Crippen molar-refractivity contribution in [1.29, 1.82) is 0 Å². The van der Waals surface area contributed by atoms with E-state index in [2.05, 4.69) is 52.0 Å². The first-order valence-corrected chi connectivity index (χ1v) is 13.7. The monoisotopic (exact) mass is 534 g/mol. The van der Waals surface area contributed by atoms with E-state index in [9.17, 15) is 14.7 Å². The fourth-order valence-electron chi connectivity index (χ4n) is 7.28. The summed E-state index contributed by atoms with van der Waals surface area (Å²) in [6.07, 6.45) is 8.85. The van der Waals surface area contributed by atoms with E-state index >= 15 is 0 Å². The molecule has 4 aliphatic carbocycles. The fraction of sp³-hybridized carbons (Fsp3) is 0.577. The molecular weight excluding hydrogens is 500 g/mol. The molecule has 13 nitrogen and oxygen atoms in total. The number of anilines is 1. The van der Waals surface area contributed by atoms with Crippen LogP contribution in [0.25, 0.3) is 0 Å². The van der Waals surface area contributed by atoms with Gasteiger partial charge in [-0.25, -0.2) is 0 Å². The predicted molar refractivity (Wildman–Crippen MR) is 139 cm³/mol. The van der Waals surface area contributed by atoms with Crippen LogP contribution in [0.5, 0.6) is 5.75 Å². The smallest absolute Gasteiger partial charge is 0.263 e. The number of nitrogens with one attached hydrogen (secondary N) is 5. The Kier molecular flexibility index (Phi) is 6.88. The van der Waals surface area contributed by atoms with Crippen LogP contribution in [-0.2, 0) is 22.4 Å². The number of amides is 2. The third kappa shape index (κ3) is 5.71. The second kappa shape index (κ2) is 10.6. The lowest BCUT2D eigenvalue weighted by Gasteiger charge is -2.55. The number of carbonyl (C=O) groups excluding carboxylic acids is 2. The maximum atomic E-state index is 13.9. The number of aromatic hydroxyl groups is 1. The molecule has 7 rings (SSSR count). The van der Waals surface area contributed by atoms with Crippen LogP contribution >= 0.6 is 0 Å². The Balaban J connectivity index is 1.19.